The molecule has 12 heavy (non-hydrogen) atoms. The number of aromatic amines is 1. The lowest BCUT2D eigenvalue weighted by Gasteiger charge is -2.00. The van der Waals surface area contributed by atoms with E-state index in [2.05, 4.69) is 10.2 Å². The number of aliphatic hydroxyl groups excluding tert-OH is 1. The van der Waals surface area contributed by atoms with Crippen molar-refractivity contribution in [1.29, 1.82) is 0 Å². The lowest BCUT2D eigenvalue weighted by molar-refractivity contribution is 0.0455. The molecule has 1 aliphatic heterocycles. The number of hydrogen-bond acceptors (Lipinski definition) is 4. The van der Waals surface area contributed by atoms with Crippen molar-refractivity contribution in [3.63, 3.8) is 0 Å². The van der Waals surface area contributed by atoms with E-state index in [0.717, 1.165) is 5.69 Å². The largest absolute Gasteiger partial charge is 0.390 e. The van der Waals surface area contributed by atoms with E-state index >= 15 is 0 Å². The van der Waals surface area contributed by atoms with E-state index in [1.54, 1.807) is 6.07 Å². The molecule has 1 unspecified atom stereocenters. The number of nitrogens with zero attached hydrogens (tertiary/aromatic N) is 1. The van der Waals surface area contributed by atoms with Crippen molar-refractivity contribution in [3.05, 3.63) is 17.5 Å². The highest BCUT2D eigenvalue weighted by molar-refractivity contribution is 5.10. The second kappa shape index (κ2) is 3.22. The molecular weight excluding hydrogens is 160 g/mol. The first-order valence-electron chi connectivity index (χ1n) is 3.74. The van der Waals surface area contributed by atoms with Crippen LogP contribution in [-0.2, 0) is 16.1 Å². The molecule has 1 fully saturated rings. The van der Waals surface area contributed by atoms with Crippen molar-refractivity contribution >= 4 is 0 Å². The second-order valence-corrected chi connectivity index (χ2v) is 2.62. The Balaban J connectivity index is 2.11. The summed E-state index contributed by atoms with van der Waals surface area (Å²) in [5.74, 6) is 0. The molecule has 0 aliphatic carbocycles. The molecule has 66 valence electrons. The number of aromatic nitrogens is 2. The van der Waals surface area contributed by atoms with Gasteiger partial charge in [-0.25, -0.2) is 0 Å². The first-order chi connectivity index (χ1) is 5.90. The van der Waals surface area contributed by atoms with Gasteiger partial charge in [-0.05, 0) is 6.07 Å². The van der Waals surface area contributed by atoms with Gasteiger partial charge in [0.1, 0.15) is 12.9 Å². The molecule has 1 aromatic heterocycles. The molecule has 1 aliphatic rings. The Morgan fingerprint density at radius 1 is 1.75 bits per heavy atom. The number of rotatable bonds is 2. The highest BCUT2D eigenvalue weighted by Gasteiger charge is 2.20. The Morgan fingerprint density at radius 2 is 2.67 bits per heavy atom. The van der Waals surface area contributed by atoms with Crippen LogP contribution in [0.25, 0.3) is 0 Å². The van der Waals surface area contributed by atoms with E-state index in [1.165, 1.54) is 0 Å². The first-order valence-corrected chi connectivity index (χ1v) is 3.74. The molecule has 0 bridgehead atoms. The average Bonchev–Trinajstić information content (AvgIpc) is 2.75. The number of hydrogen-bond donors (Lipinski definition) is 2. The fourth-order valence-electron chi connectivity index (χ4n) is 1.13. The third-order valence-corrected chi connectivity index (χ3v) is 1.77. The van der Waals surface area contributed by atoms with E-state index in [1.807, 2.05) is 0 Å². The lowest BCUT2D eigenvalue weighted by atomic mass is 10.2. The van der Waals surface area contributed by atoms with Crippen LogP contribution in [0.2, 0.25) is 0 Å². The molecular formula is C7H10N2O3. The molecule has 0 amide bonds. The maximum absolute atomic E-state index is 8.75. The Kier molecular flexibility index (Phi) is 2.07. The van der Waals surface area contributed by atoms with Gasteiger partial charge in [0.2, 0.25) is 0 Å². The molecule has 0 spiro atoms. The fourth-order valence-corrected chi connectivity index (χ4v) is 1.13. The van der Waals surface area contributed by atoms with Crippen molar-refractivity contribution in [3.8, 4) is 0 Å². The Bertz CT molecular complexity index is 255. The van der Waals surface area contributed by atoms with Crippen LogP contribution in [0.3, 0.4) is 0 Å². The summed E-state index contributed by atoms with van der Waals surface area (Å²) in [4.78, 5) is 0. The van der Waals surface area contributed by atoms with Gasteiger partial charge < -0.3 is 14.6 Å². The van der Waals surface area contributed by atoms with Crippen LogP contribution in [0.4, 0.5) is 0 Å². The summed E-state index contributed by atoms with van der Waals surface area (Å²) in [6.07, 6.45) is -0.0819. The maximum atomic E-state index is 8.75. The summed E-state index contributed by atoms with van der Waals surface area (Å²) in [6.45, 7) is 0.836. The van der Waals surface area contributed by atoms with Gasteiger partial charge in [-0.3, -0.25) is 5.10 Å². The van der Waals surface area contributed by atoms with E-state index in [0.29, 0.717) is 19.1 Å². The van der Waals surface area contributed by atoms with Gasteiger partial charge in [0.25, 0.3) is 0 Å². The predicted molar refractivity (Wildman–Crippen MR) is 39.2 cm³/mol. The van der Waals surface area contributed by atoms with Gasteiger partial charge in [0, 0.05) is 0 Å². The first kappa shape index (κ1) is 7.72. The number of aliphatic hydroxyl groups is 1. The molecule has 5 heteroatoms. The average molecular weight is 170 g/mol. The molecule has 2 N–H and O–H groups in total. The molecule has 0 radical (unpaired) electrons. The van der Waals surface area contributed by atoms with E-state index < -0.39 is 0 Å². The Morgan fingerprint density at radius 3 is 3.25 bits per heavy atom. The summed E-state index contributed by atoms with van der Waals surface area (Å²) in [6, 6.07) is 1.78. The highest BCUT2D eigenvalue weighted by atomic mass is 16.7. The topological polar surface area (TPSA) is 67.4 Å². The van der Waals surface area contributed by atoms with Gasteiger partial charge in [0.15, 0.2) is 0 Å². The third-order valence-electron chi connectivity index (χ3n) is 1.77. The quantitative estimate of drug-likeness (QED) is 0.652. The monoisotopic (exact) mass is 170 g/mol. The zero-order valence-electron chi connectivity index (χ0n) is 6.49. The van der Waals surface area contributed by atoms with Crippen LogP contribution >= 0.6 is 0 Å². The molecule has 1 saturated heterocycles. The minimum Gasteiger partial charge on any atom is -0.390 e. The predicted octanol–water partition coefficient (Wildman–Crippen LogP) is -0.0526. The Labute approximate surface area is 69.3 Å². The molecule has 1 aromatic rings. The minimum absolute atomic E-state index is 0.0272. The van der Waals surface area contributed by atoms with Crippen molar-refractivity contribution in [2.45, 2.75) is 12.7 Å². The fraction of sp³-hybridized carbons (Fsp3) is 0.571. The van der Waals surface area contributed by atoms with Crippen LogP contribution < -0.4 is 0 Å². The molecule has 0 aromatic carbocycles. The molecule has 0 saturated carbocycles. The number of H-pyrrole nitrogens is 1. The summed E-state index contributed by atoms with van der Waals surface area (Å²) < 4.78 is 10.2. The van der Waals surface area contributed by atoms with Crippen LogP contribution in [0.15, 0.2) is 6.07 Å². The van der Waals surface area contributed by atoms with Crippen molar-refractivity contribution < 1.29 is 14.6 Å². The second-order valence-electron chi connectivity index (χ2n) is 2.62. The molecule has 2 rings (SSSR count). The molecule has 5 nitrogen and oxygen atoms in total. The molecule has 2 heterocycles. The maximum Gasteiger partial charge on any atom is 0.147 e. The standard InChI is InChI=1S/C7H10N2O3/c10-2-5-1-6(9-8-5)7-3-11-4-12-7/h1,7,10H,2-4H2,(H,8,9). The Hall–Kier alpha value is -0.910. The van der Waals surface area contributed by atoms with Gasteiger partial charge in [-0.2, -0.15) is 5.10 Å². The SMILES string of the molecule is OCc1cc(C2COCO2)n[nH]1. The van der Waals surface area contributed by atoms with Gasteiger partial charge in [0.05, 0.1) is 24.6 Å². The summed E-state index contributed by atoms with van der Waals surface area (Å²) >= 11 is 0. The van der Waals surface area contributed by atoms with Gasteiger partial charge >= 0.3 is 0 Å². The van der Waals surface area contributed by atoms with Crippen molar-refractivity contribution in [1.82, 2.24) is 10.2 Å². The van der Waals surface area contributed by atoms with Crippen molar-refractivity contribution in [2.24, 2.45) is 0 Å². The minimum atomic E-state index is -0.0819. The van der Waals surface area contributed by atoms with Gasteiger partial charge in [-0.1, -0.05) is 0 Å². The highest BCUT2D eigenvalue weighted by Crippen LogP contribution is 2.20. The van der Waals surface area contributed by atoms with Crippen LogP contribution in [0.1, 0.15) is 17.5 Å². The van der Waals surface area contributed by atoms with Crippen LogP contribution in [0.5, 0.6) is 0 Å². The van der Waals surface area contributed by atoms with Gasteiger partial charge in [-0.15, -0.1) is 0 Å². The smallest absolute Gasteiger partial charge is 0.147 e. The summed E-state index contributed by atoms with van der Waals surface area (Å²) in [5.41, 5.74) is 1.48. The molecule has 1 atom stereocenters. The summed E-state index contributed by atoms with van der Waals surface area (Å²) in [5, 5.41) is 15.4. The van der Waals surface area contributed by atoms with E-state index in [9.17, 15) is 0 Å². The third kappa shape index (κ3) is 1.34. The normalized spacial score (nSPS) is 23.2. The summed E-state index contributed by atoms with van der Waals surface area (Å²) in [7, 11) is 0. The number of ether oxygens (including phenoxy) is 2. The van der Waals surface area contributed by atoms with E-state index in [4.69, 9.17) is 14.6 Å². The zero-order chi connectivity index (χ0) is 8.39. The lowest BCUT2D eigenvalue weighted by Crippen LogP contribution is -1.99. The van der Waals surface area contributed by atoms with E-state index in [-0.39, 0.29) is 12.7 Å². The van der Waals surface area contributed by atoms with Crippen LogP contribution in [0, 0.1) is 0 Å². The number of nitrogens with one attached hydrogen (secondary N) is 1. The van der Waals surface area contributed by atoms with Crippen molar-refractivity contribution in [2.75, 3.05) is 13.4 Å². The zero-order valence-corrected chi connectivity index (χ0v) is 6.49. The van der Waals surface area contributed by atoms with Crippen LogP contribution in [-0.4, -0.2) is 28.7 Å².